The quantitative estimate of drug-likeness (QED) is 0.339. The summed E-state index contributed by atoms with van der Waals surface area (Å²) >= 11 is 0. The molecule has 9 heteroatoms. The zero-order valence-electron chi connectivity index (χ0n) is 18.3. The predicted octanol–water partition coefficient (Wildman–Crippen LogP) is 2.10. The first-order chi connectivity index (χ1) is 15.5. The van der Waals surface area contributed by atoms with Crippen molar-refractivity contribution in [3.8, 4) is 17.2 Å². The first kappa shape index (κ1) is 24.7. The van der Waals surface area contributed by atoms with E-state index in [1.54, 1.807) is 42.5 Å². The van der Waals surface area contributed by atoms with Crippen LogP contribution in [0.15, 0.2) is 42.5 Å². The van der Waals surface area contributed by atoms with Gasteiger partial charge in [-0.2, -0.15) is 0 Å². The molecule has 2 aromatic rings. The van der Waals surface area contributed by atoms with Gasteiger partial charge in [0, 0.05) is 12.6 Å². The average Bonchev–Trinajstić information content (AvgIpc) is 2.82. The topological polar surface area (TPSA) is 115 Å². The fourth-order valence-electron chi connectivity index (χ4n) is 2.83. The number of aliphatic hydroxyl groups is 1. The Morgan fingerprint density at radius 1 is 1.00 bits per heavy atom. The molecule has 0 radical (unpaired) electrons. The fourth-order valence-corrected chi connectivity index (χ4v) is 2.83. The maximum absolute atomic E-state index is 12.5. The molecular weight excluding hydrogens is 416 g/mol. The van der Waals surface area contributed by atoms with Gasteiger partial charge in [-0.25, -0.2) is 0 Å². The molecule has 0 heterocycles. The molecule has 0 atom stereocenters. The van der Waals surface area contributed by atoms with Gasteiger partial charge in [-0.1, -0.05) is 12.1 Å². The van der Waals surface area contributed by atoms with Gasteiger partial charge < -0.3 is 34.7 Å². The Hall–Kier alpha value is -3.56. The molecule has 32 heavy (non-hydrogen) atoms. The lowest BCUT2D eigenvalue weighted by molar-refractivity contribution is -0.111. The first-order valence-corrected chi connectivity index (χ1v) is 9.89. The van der Waals surface area contributed by atoms with Gasteiger partial charge in [-0.3, -0.25) is 9.59 Å². The summed E-state index contributed by atoms with van der Waals surface area (Å²) in [5.41, 5.74) is 1.37. The summed E-state index contributed by atoms with van der Waals surface area (Å²) in [6, 6.07) is 10.1. The molecule has 0 saturated heterocycles. The maximum Gasteiger partial charge on any atom is 0.253 e. The Labute approximate surface area is 186 Å². The van der Waals surface area contributed by atoms with E-state index in [1.807, 2.05) is 0 Å². The Morgan fingerprint density at radius 3 is 2.31 bits per heavy atom. The van der Waals surface area contributed by atoms with E-state index < -0.39 is 5.91 Å². The number of amides is 2. The highest BCUT2D eigenvalue weighted by Gasteiger charge is 2.13. The molecule has 0 saturated carbocycles. The van der Waals surface area contributed by atoms with E-state index in [0.717, 1.165) is 0 Å². The van der Waals surface area contributed by atoms with Crippen molar-refractivity contribution in [2.75, 3.05) is 53.0 Å². The molecule has 0 aliphatic heterocycles. The van der Waals surface area contributed by atoms with Gasteiger partial charge >= 0.3 is 0 Å². The monoisotopic (exact) mass is 444 g/mol. The lowest BCUT2D eigenvalue weighted by Crippen LogP contribution is -2.28. The van der Waals surface area contributed by atoms with E-state index in [4.69, 9.17) is 24.1 Å². The average molecular weight is 444 g/mol. The minimum Gasteiger partial charge on any atom is -0.493 e. The Balaban J connectivity index is 2.07. The second kappa shape index (κ2) is 13.0. The molecule has 9 nitrogen and oxygen atoms in total. The summed E-state index contributed by atoms with van der Waals surface area (Å²) in [5, 5.41) is 14.1. The molecular formula is C23H28N2O7. The second-order valence-corrected chi connectivity index (χ2v) is 6.42. The molecule has 0 aliphatic rings. The highest BCUT2D eigenvalue weighted by Crippen LogP contribution is 2.38. The number of carbonyl (C=O) groups excluding carboxylic acids is 2. The zero-order valence-corrected chi connectivity index (χ0v) is 18.3. The van der Waals surface area contributed by atoms with Crippen molar-refractivity contribution < 1.29 is 33.6 Å². The van der Waals surface area contributed by atoms with Crippen molar-refractivity contribution in [3.05, 3.63) is 53.6 Å². The van der Waals surface area contributed by atoms with Crippen LogP contribution in [0.1, 0.15) is 15.9 Å². The summed E-state index contributed by atoms with van der Waals surface area (Å²) in [5.74, 6) is 0.638. The van der Waals surface area contributed by atoms with E-state index in [9.17, 15) is 9.59 Å². The van der Waals surface area contributed by atoms with E-state index in [1.165, 1.54) is 27.4 Å². The van der Waals surface area contributed by atoms with Gasteiger partial charge in [-0.05, 0) is 35.9 Å². The Kier molecular flexibility index (Phi) is 10.0. The van der Waals surface area contributed by atoms with E-state index >= 15 is 0 Å². The van der Waals surface area contributed by atoms with Crippen LogP contribution >= 0.6 is 0 Å². The van der Waals surface area contributed by atoms with Gasteiger partial charge in [0.05, 0.1) is 52.4 Å². The standard InChI is InChI=1S/C23H28N2O7/c1-29-19-14-16(15-20(30-2)22(19)31-3)8-9-21(27)25-18-7-5-4-6-17(18)23(28)24-10-12-32-13-11-26/h4-9,14-15,26H,10-13H2,1-3H3,(H,24,28)(H,25,27)/b9-8+. The van der Waals surface area contributed by atoms with Crippen LogP contribution in [-0.2, 0) is 9.53 Å². The minimum atomic E-state index is -0.412. The van der Waals surface area contributed by atoms with Crippen LogP contribution in [0, 0.1) is 0 Å². The number of methoxy groups -OCH3 is 3. The molecule has 0 spiro atoms. The Bertz CT molecular complexity index is 919. The van der Waals surface area contributed by atoms with Gasteiger partial charge in [0.25, 0.3) is 5.91 Å². The van der Waals surface area contributed by atoms with Crippen LogP contribution in [-0.4, -0.2) is 64.6 Å². The number of hydrogen-bond acceptors (Lipinski definition) is 7. The van der Waals surface area contributed by atoms with Crippen LogP contribution in [0.4, 0.5) is 5.69 Å². The van der Waals surface area contributed by atoms with Crippen LogP contribution in [0.25, 0.3) is 6.08 Å². The number of para-hydroxylation sites is 1. The summed E-state index contributed by atoms with van der Waals surface area (Å²) in [7, 11) is 4.54. The molecule has 0 aliphatic carbocycles. The van der Waals surface area contributed by atoms with Gasteiger partial charge in [0.15, 0.2) is 11.5 Å². The van der Waals surface area contributed by atoms with Crippen molar-refractivity contribution in [1.82, 2.24) is 5.32 Å². The van der Waals surface area contributed by atoms with E-state index in [-0.39, 0.29) is 32.3 Å². The van der Waals surface area contributed by atoms with E-state index in [0.29, 0.717) is 34.1 Å². The summed E-state index contributed by atoms with van der Waals surface area (Å²) < 4.78 is 21.0. The highest BCUT2D eigenvalue weighted by molar-refractivity contribution is 6.07. The summed E-state index contributed by atoms with van der Waals surface area (Å²) in [4.78, 5) is 24.9. The van der Waals surface area contributed by atoms with Crippen LogP contribution in [0.2, 0.25) is 0 Å². The Morgan fingerprint density at radius 2 is 1.69 bits per heavy atom. The number of benzene rings is 2. The van der Waals surface area contributed by atoms with Crippen molar-refractivity contribution >= 4 is 23.6 Å². The summed E-state index contributed by atoms with van der Waals surface area (Å²) in [6.07, 6.45) is 2.94. The third-order valence-corrected chi connectivity index (χ3v) is 4.31. The zero-order chi connectivity index (χ0) is 23.3. The molecule has 172 valence electrons. The molecule has 0 aromatic heterocycles. The molecule has 2 amide bonds. The third kappa shape index (κ3) is 7.00. The smallest absolute Gasteiger partial charge is 0.253 e. The molecule has 3 N–H and O–H groups in total. The largest absolute Gasteiger partial charge is 0.493 e. The predicted molar refractivity (Wildman–Crippen MR) is 120 cm³/mol. The lowest BCUT2D eigenvalue weighted by atomic mass is 10.1. The van der Waals surface area contributed by atoms with Gasteiger partial charge in [0.1, 0.15) is 0 Å². The third-order valence-electron chi connectivity index (χ3n) is 4.31. The number of hydrogen-bond donors (Lipinski definition) is 3. The van der Waals surface area contributed by atoms with E-state index in [2.05, 4.69) is 10.6 Å². The van der Waals surface area contributed by atoms with Crippen molar-refractivity contribution in [2.24, 2.45) is 0 Å². The minimum absolute atomic E-state index is 0.0770. The molecule has 0 unspecified atom stereocenters. The second-order valence-electron chi connectivity index (χ2n) is 6.42. The number of carbonyl (C=O) groups is 2. The lowest BCUT2D eigenvalue weighted by Gasteiger charge is -2.13. The van der Waals surface area contributed by atoms with Crippen LogP contribution < -0.4 is 24.8 Å². The number of aliphatic hydroxyl groups excluding tert-OH is 1. The van der Waals surface area contributed by atoms with Gasteiger partial charge in [-0.15, -0.1) is 0 Å². The van der Waals surface area contributed by atoms with Crippen molar-refractivity contribution in [1.29, 1.82) is 0 Å². The number of rotatable bonds is 12. The number of anilines is 1. The van der Waals surface area contributed by atoms with Crippen molar-refractivity contribution in [2.45, 2.75) is 0 Å². The normalized spacial score (nSPS) is 10.6. The summed E-state index contributed by atoms with van der Waals surface area (Å²) in [6.45, 7) is 0.688. The number of nitrogens with one attached hydrogen (secondary N) is 2. The van der Waals surface area contributed by atoms with Crippen LogP contribution in [0.5, 0.6) is 17.2 Å². The molecule has 0 bridgehead atoms. The SMILES string of the molecule is COc1cc(/C=C/C(=O)Nc2ccccc2C(=O)NCCOCCO)cc(OC)c1OC. The fraction of sp³-hybridized carbons (Fsp3) is 0.304. The van der Waals surface area contributed by atoms with Crippen molar-refractivity contribution in [3.63, 3.8) is 0 Å². The molecule has 2 aromatic carbocycles. The molecule has 2 rings (SSSR count). The van der Waals surface area contributed by atoms with Crippen LogP contribution in [0.3, 0.4) is 0 Å². The molecule has 0 fully saturated rings. The maximum atomic E-state index is 12.5. The number of ether oxygens (including phenoxy) is 4. The highest BCUT2D eigenvalue weighted by atomic mass is 16.5. The van der Waals surface area contributed by atoms with Gasteiger partial charge in [0.2, 0.25) is 11.7 Å². The first-order valence-electron chi connectivity index (χ1n) is 9.89.